The summed E-state index contributed by atoms with van der Waals surface area (Å²) in [5, 5.41) is 2.72. The van der Waals surface area contributed by atoms with Gasteiger partial charge in [-0.3, -0.25) is 19.3 Å². The van der Waals surface area contributed by atoms with Crippen molar-refractivity contribution in [2.24, 2.45) is 0 Å². The molecular formula is C15H18N2O3. The van der Waals surface area contributed by atoms with E-state index in [0.717, 1.165) is 11.1 Å². The fraction of sp³-hybridized carbons (Fsp3) is 0.400. The second kappa shape index (κ2) is 5.07. The Hall–Kier alpha value is -2.17. The number of nitrogens with zero attached hydrogens (tertiary/aromatic N) is 1. The van der Waals surface area contributed by atoms with Crippen LogP contribution < -0.4 is 10.2 Å². The third kappa shape index (κ3) is 2.43. The van der Waals surface area contributed by atoms with Gasteiger partial charge in [0.2, 0.25) is 5.91 Å². The fourth-order valence-corrected chi connectivity index (χ4v) is 2.49. The van der Waals surface area contributed by atoms with Crippen LogP contribution in [0.5, 0.6) is 0 Å². The molecule has 2 rings (SSSR count). The molecule has 1 aromatic rings. The molecule has 1 heterocycles. The van der Waals surface area contributed by atoms with Gasteiger partial charge in [-0.2, -0.15) is 0 Å². The lowest BCUT2D eigenvalue weighted by Crippen LogP contribution is -2.42. The van der Waals surface area contributed by atoms with E-state index < -0.39 is 11.7 Å². The maximum atomic E-state index is 12.0. The van der Waals surface area contributed by atoms with Gasteiger partial charge in [0.05, 0.1) is 11.3 Å². The molecule has 0 aromatic heterocycles. The fourth-order valence-electron chi connectivity index (χ4n) is 2.49. The van der Waals surface area contributed by atoms with E-state index in [1.165, 1.54) is 4.90 Å². The average molecular weight is 274 g/mol. The summed E-state index contributed by atoms with van der Waals surface area (Å²) in [4.78, 5) is 37.1. The van der Waals surface area contributed by atoms with Crippen molar-refractivity contribution in [3.63, 3.8) is 0 Å². The monoisotopic (exact) mass is 274 g/mol. The number of hydrogen-bond donors (Lipinski definition) is 1. The van der Waals surface area contributed by atoms with Crippen molar-refractivity contribution in [1.29, 1.82) is 0 Å². The molecule has 1 aromatic carbocycles. The number of ketones is 1. The smallest absolute Gasteiger partial charge is 0.299 e. The Morgan fingerprint density at radius 1 is 1.25 bits per heavy atom. The van der Waals surface area contributed by atoms with E-state index in [9.17, 15) is 14.4 Å². The second-order valence-electron chi connectivity index (χ2n) is 5.42. The molecule has 1 aliphatic heterocycles. The standard InChI is InChI=1S/C15H18N2O3/c1-8(2)16-12(18)7-17-13-10(4)5-9(3)6-11(13)14(19)15(17)20/h5-6,8H,7H2,1-4H3,(H,16,18). The van der Waals surface area contributed by atoms with Crippen LogP contribution in [0, 0.1) is 13.8 Å². The van der Waals surface area contributed by atoms with Gasteiger partial charge in [-0.05, 0) is 44.9 Å². The zero-order valence-electron chi connectivity index (χ0n) is 12.1. The normalized spacial score (nSPS) is 13.9. The van der Waals surface area contributed by atoms with Crippen LogP contribution in [0.2, 0.25) is 0 Å². The first kappa shape index (κ1) is 14.2. The quantitative estimate of drug-likeness (QED) is 0.846. The minimum absolute atomic E-state index is 0.00510. The highest BCUT2D eigenvalue weighted by Gasteiger charge is 2.38. The number of aryl methyl sites for hydroxylation is 2. The van der Waals surface area contributed by atoms with E-state index in [1.807, 2.05) is 33.8 Å². The van der Waals surface area contributed by atoms with Crippen LogP contribution in [0.4, 0.5) is 5.69 Å². The number of carbonyl (C=O) groups is 3. The number of Topliss-reactive ketones (excluding diaryl/α,β-unsaturated/α-hetero) is 1. The molecule has 0 aliphatic carbocycles. The Balaban J connectivity index is 2.36. The first-order chi connectivity index (χ1) is 9.31. The highest BCUT2D eigenvalue weighted by atomic mass is 16.2. The molecule has 0 fully saturated rings. The van der Waals surface area contributed by atoms with Crippen molar-refractivity contribution in [1.82, 2.24) is 5.32 Å². The SMILES string of the molecule is Cc1cc(C)c2c(c1)C(=O)C(=O)N2CC(=O)NC(C)C. The maximum absolute atomic E-state index is 12.0. The van der Waals surface area contributed by atoms with Gasteiger partial charge in [-0.1, -0.05) is 6.07 Å². The zero-order valence-corrected chi connectivity index (χ0v) is 12.1. The van der Waals surface area contributed by atoms with Gasteiger partial charge in [-0.15, -0.1) is 0 Å². The molecule has 0 atom stereocenters. The van der Waals surface area contributed by atoms with Crippen LogP contribution in [-0.2, 0) is 9.59 Å². The van der Waals surface area contributed by atoms with Crippen LogP contribution in [0.3, 0.4) is 0 Å². The summed E-state index contributed by atoms with van der Waals surface area (Å²) in [6.07, 6.45) is 0. The number of rotatable bonds is 3. The van der Waals surface area contributed by atoms with Crippen LogP contribution >= 0.6 is 0 Å². The molecule has 5 heteroatoms. The molecular weight excluding hydrogens is 256 g/mol. The van der Waals surface area contributed by atoms with Gasteiger partial charge in [0.25, 0.3) is 11.7 Å². The van der Waals surface area contributed by atoms with Gasteiger partial charge in [-0.25, -0.2) is 0 Å². The van der Waals surface area contributed by atoms with E-state index >= 15 is 0 Å². The molecule has 2 amide bonds. The number of nitrogens with one attached hydrogen (secondary N) is 1. The average Bonchev–Trinajstić information content (AvgIpc) is 2.53. The molecule has 106 valence electrons. The van der Waals surface area contributed by atoms with E-state index in [1.54, 1.807) is 6.07 Å². The van der Waals surface area contributed by atoms with Crippen molar-refractivity contribution >= 4 is 23.3 Å². The largest absolute Gasteiger partial charge is 0.352 e. The number of benzene rings is 1. The number of carbonyl (C=O) groups excluding carboxylic acids is 3. The van der Waals surface area contributed by atoms with Crippen LogP contribution in [0.1, 0.15) is 35.3 Å². The van der Waals surface area contributed by atoms with E-state index in [0.29, 0.717) is 11.3 Å². The summed E-state index contributed by atoms with van der Waals surface area (Å²) in [6.45, 7) is 7.28. The lowest BCUT2D eigenvalue weighted by atomic mass is 10.0. The van der Waals surface area contributed by atoms with Crippen molar-refractivity contribution in [2.75, 3.05) is 11.4 Å². The molecule has 0 spiro atoms. The van der Waals surface area contributed by atoms with Crippen molar-refractivity contribution in [2.45, 2.75) is 33.7 Å². The third-order valence-electron chi connectivity index (χ3n) is 3.15. The lowest BCUT2D eigenvalue weighted by molar-refractivity contribution is -0.122. The van der Waals surface area contributed by atoms with E-state index in [-0.39, 0.29) is 18.5 Å². The minimum Gasteiger partial charge on any atom is -0.352 e. The molecule has 1 N–H and O–H groups in total. The Morgan fingerprint density at radius 3 is 2.50 bits per heavy atom. The molecule has 1 aliphatic rings. The van der Waals surface area contributed by atoms with Gasteiger partial charge >= 0.3 is 0 Å². The Morgan fingerprint density at radius 2 is 1.90 bits per heavy atom. The first-order valence-corrected chi connectivity index (χ1v) is 6.58. The molecule has 0 saturated carbocycles. The molecule has 0 saturated heterocycles. The zero-order chi connectivity index (χ0) is 15.0. The summed E-state index contributed by atoms with van der Waals surface area (Å²) in [5.41, 5.74) is 2.71. The van der Waals surface area contributed by atoms with Crippen LogP contribution in [0.15, 0.2) is 12.1 Å². The van der Waals surface area contributed by atoms with Gasteiger partial charge in [0.1, 0.15) is 6.54 Å². The van der Waals surface area contributed by atoms with Gasteiger partial charge in [0, 0.05) is 6.04 Å². The molecule has 0 unspecified atom stereocenters. The number of fused-ring (bicyclic) bond motifs is 1. The summed E-state index contributed by atoms with van der Waals surface area (Å²) in [7, 11) is 0. The minimum atomic E-state index is -0.632. The van der Waals surface area contributed by atoms with Crippen LogP contribution in [-0.4, -0.2) is 30.2 Å². The Labute approximate surface area is 118 Å². The second-order valence-corrected chi connectivity index (χ2v) is 5.42. The Bertz CT molecular complexity index is 605. The summed E-state index contributed by atoms with van der Waals surface area (Å²) in [5.74, 6) is -1.44. The topological polar surface area (TPSA) is 66.5 Å². The van der Waals surface area contributed by atoms with E-state index in [2.05, 4.69) is 5.32 Å². The summed E-state index contributed by atoms with van der Waals surface area (Å²) < 4.78 is 0. The summed E-state index contributed by atoms with van der Waals surface area (Å²) in [6, 6.07) is 3.59. The van der Waals surface area contributed by atoms with Gasteiger partial charge in [0.15, 0.2) is 0 Å². The first-order valence-electron chi connectivity index (χ1n) is 6.58. The number of amides is 2. The third-order valence-corrected chi connectivity index (χ3v) is 3.15. The van der Waals surface area contributed by atoms with E-state index in [4.69, 9.17) is 0 Å². The number of anilines is 1. The lowest BCUT2D eigenvalue weighted by Gasteiger charge is -2.19. The highest BCUT2D eigenvalue weighted by molar-refractivity contribution is 6.52. The maximum Gasteiger partial charge on any atom is 0.299 e. The van der Waals surface area contributed by atoms with Crippen molar-refractivity contribution in [3.05, 3.63) is 28.8 Å². The number of hydrogen-bond acceptors (Lipinski definition) is 3. The van der Waals surface area contributed by atoms with Gasteiger partial charge < -0.3 is 5.32 Å². The van der Waals surface area contributed by atoms with Crippen molar-refractivity contribution in [3.8, 4) is 0 Å². The molecule has 5 nitrogen and oxygen atoms in total. The summed E-state index contributed by atoms with van der Waals surface area (Å²) >= 11 is 0. The predicted octanol–water partition coefficient (Wildman–Crippen LogP) is 1.36. The Kier molecular flexibility index (Phi) is 3.61. The predicted molar refractivity (Wildman–Crippen MR) is 75.9 cm³/mol. The van der Waals surface area contributed by atoms with Crippen molar-refractivity contribution < 1.29 is 14.4 Å². The molecule has 0 radical (unpaired) electrons. The highest BCUT2D eigenvalue weighted by Crippen LogP contribution is 2.33. The molecule has 20 heavy (non-hydrogen) atoms. The molecule has 0 bridgehead atoms. The van der Waals surface area contributed by atoms with Crippen LogP contribution in [0.25, 0.3) is 0 Å².